The molecule has 0 atom stereocenters. The zero-order chi connectivity index (χ0) is 21.4. The van der Waals surface area contributed by atoms with Crippen molar-refractivity contribution in [2.24, 2.45) is 0 Å². The van der Waals surface area contributed by atoms with E-state index in [0.29, 0.717) is 28.2 Å². The molecular weight excluding hydrogens is 392 g/mol. The number of H-pyrrole nitrogens is 1. The number of ether oxygens (including phenoxy) is 1. The summed E-state index contributed by atoms with van der Waals surface area (Å²) in [5, 5.41) is 4.71. The van der Waals surface area contributed by atoms with Crippen LogP contribution in [0.4, 0.5) is 0 Å². The first kappa shape index (κ1) is 18.6. The van der Waals surface area contributed by atoms with E-state index in [1.807, 2.05) is 60.7 Å². The van der Waals surface area contributed by atoms with Crippen molar-refractivity contribution in [3.05, 3.63) is 106 Å². The Bertz CT molecular complexity index is 1480. The fourth-order valence-electron chi connectivity index (χ4n) is 3.61. The summed E-state index contributed by atoms with van der Waals surface area (Å²) in [5.41, 5.74) is 2.20. The number of benzene rings is 3. The molecule has 7 nitrogen and oxygen atoms in total. The van der Waals surface area contributed by atoms with Crippen molar-refractivity contribution in [2.45, 2.75) is 0 Å². The van der Waals surface area contributed by atoms with Crippen molar-refractivity contribution >= 4 is 11.0 Å². The van der Waals surface area contributed by atoms with Crippen LogP contribution >= 0.6 is 0 Å². The van der Waals surface area contributed by atoms with E-state index in [1.54, 1.807) is 36.1 Å². The predicted octanol–water partition coefficient (Wildman–Crippen LogP) is 3.54. The van der Waals surface area contributed by atoms with E-state index in [9.17, 15) is 9.59 Å². The van der Waals surface area contributed by atoms with Gasteiger partial charge in [0.25, 0.3) is 5.56 Å². The van der Waals surface area contributed by atoms with Gasteiger partial charge in [0.05, 0.1) is 18.5 Å². The molecule has 0 aliphatic rings. The molecule has 0 amide bonds. The zero-order valence-electron chi connectivity index (χ0n) is 16.6. The van der Waals surface area contributed by atoms with Crippen molar-refractivity contribution in [3.8, 4) is 28.4 Å². The van der Waals surface area contributed by atoms with Crippen LogP contribution in [0.2, 0.25) is 0 Å². The van der Waals surface area contributed by atoms with Crippen molar-refractivity contribution in [3.63, 3.8) is 0 Å². The Labute approximate surface area is 176 Å². The molecule has 2 heterocycles. The minimum absolute atomic E-state index is 0.292. The second-order valence-corrected chi connectivity index (χ2v) is 6.95. The summed E-state index contributed by atoms with van der Waals surface area (Å²) in [6, 6.07) is 25.6. The third-order valence-electron chi connectivity index (χ3n) is 5.10. The standard InChI is InChI=1S/C24H18N4O3/c1-31-19-14-12-17(13-15-19)27-23(29)22-21(25-24(27)30)20(16-8-4-2-5-9-16)26-28(22)18-10-6-3-7-11-18/h2-15H,1H3,(H,25,30). The number of para-hydroxylation sites is 1. The van der Waals surface area contributed by atoms with E-state index in [4.69, 9.17) is 9.84 Å². The average Bonchev–Trinajstić information content (AvgIpc) is 3.20. The molecule has 31 heavy (non-hydrogen) atoms. The fraction of sp³-hybridized carbons (Fsp3) is 0.0417. The van der Waals surface area contributed by atoms with E-state index in [1.165, 1.54) is 0 Å². The molecule has 0 saturated carbocycles. The summed E-state index contributed by atoms with van der Waals surface area (Å²) in [4.78, 5) is 29.4. The second-order valence-electron chi connectivity index (χ2n) is 6.95. The Morgan fingerprint density at radius 3 is 2.10 bits per heavy atom. The number of hydrogen-bond acceptors (Lipinski definition) is 4. The van der Waals surface area contributed by atoms with Gasteiger partial charge in [-0.25, -0.2) is 14.0 Å². The smallest absolute Gasteiger partial charge is 0.333 e. The predicted molar refractivity (Wildman–Crippen MR) is 119 cm³/mol. The third-order valence-corrected chi connectivity index (χ3v) is 5.10. The number of hydrogen-bond donors (Lipinski definition) is 1. The minimum Gasteiger partial charge on any atom is -0.497 e. The van der Waals surface area contributed by atoms with Crippen LogP contribution < -0.4 is 16.0 Å². The van der Waals surface area contributed by atoms with Crippen molar-refractivity contribution in [1.29, 1.82) is 0 Å². The van der Waals surface area contributed by atoms with Crippen LogP contribution in [0, 0.1) is 0 Å². The summed E-state index contributed by atoms with van der Waals surface area (Å²) in [6.07, 6.45) is 0. The lowest BCUT2D eigenvalue weighted by molar-refractivity contribution is 0.414. The van der Waals surface area contributed by atoms with Gasteiger partial charge in [-0.1, -0.05) is 48.5 Å². The van der Waals surface area contributed by atoms with Gasteiger partial charge in [0.2, 0.25) is 0 Å². The molecule has 0 unspecified atom stereocenters. The first-order valence-corrected chi connectivity index (χ1v) is 9.70. The lowest BCUT2D eigenvalue weighted by atomic mass is 10.1. The lowest BCUT2D eigenvalue weighted by Crippen LogP contribution is -2.34. The molecule has 7 heteroatoms. The van der Waals surface area contributed by atoms with Crippen LogP contribution in [0.25, 0.3) is 33.7 Å². The number of rotatable bonds is 4. The summed E-state index contributed by atoms with van der Waals surface area (Å²) < 4.78 is 7.87. The summed E-state index contributed by atoms with van der Waals surface area (Å²) in [5.74, 6) is 0.634. The van der Waals surface area contributed by atoms with Gasteiger partial charge in [0.15, 0.2) is 5.52 Å². The monoisotopic (exact) mass is 410 g/mol. The second kappa shape index (κ2) is 7.46. The number of aromatic amines is 1. The molecule has 5 aromatic rings. The molecule has 5 rings (SSSR count). The Morgan fingerprint density at radius 1 is 0.806 bits per heavy atom. The number of nitrogens with one attached hydrogen (secondary N) is 1. The van der Waals surface area contributed by atoms with E-state index < -0.39 is 11.2 Å². The summed E-state index contributed by atoms with van der Waals surface area (Å²) in [7, 11) is 1.56. The first-order chi connectivity index (χ1) is 15.2. The summed E-state index contributed by atoms with van der Waals surface area (Å²) in [6.45, 7) is 0. The fourth-order valence-corrected chi connectivity index (χ4v) is 3.61. The zero-order valence-corrected chi connectivity index (χ0v) is 16.6. The van der Waals surface area contributed by atoms with Crippen LogP contribution in [0.15, 0.2) is 94.5 Å². The van der Waals surface area contributed by atoms with E-state index in [2.05, 4.69) is 4.98 Å². The normalized spacial score (nSPS) is 11.0. The van der Waals surface area contributed by atoms with Crippen LogP contribution in [0.5, 0.6) is 5.75 Å². The van der Waals surface area contributed by atoms with Gasteiger partial charge in [0, 0.05) is 5.56 Å². The van der Waals surface area contributed by atoms with Gasteiger partial charge in [-0.2, -0.15) is 5.10 Å². The lowest BCUT2D eigenvalue weighted by Gasteiger charge is -2.07. The Kier molecular flexibility index (Phi) is 4.48. The molecule has 3 aromatic carbocycles. The van der Waals surface area contributed by atoms with Crippen LogP contribution in [-0.4, -0.2) is 26.4 Å². The first-order valence-electron chi connectivity index (χ1n) is 9.70. The van der Waals surface area contributed by atoms with Gasteiger partial charge >= 0.3 is 5.69 Å². The van der Waals surface area contributed by atoms with Gasteiger partial charge in [-0.15, -0.1) is 0 Å². The van der Waals surface area contributed by atoms with Crippen molar-refractivity contribution in [2.75, 3.05) is 7.11 Å². The van der Waals surface area contributed by atoms with Crippen molar-refractivity contribution in [1.82, 2.24) is 19.3 Å². The number of aromatic nitrogens is 4. The van der Waals surface area contributed by atoms with Crippen molar-refractivity contribution < 1.29 is 4.74 Å². The molecule has 0 aliphatic heterocycles. The quantitative estimate of drug-likeness (QED) is 0.491. The van der Waals surface area contributed by atoms with Crippen LogP contribution in [0.3, 0.4) is 0 Å². The number of nitrogens with zero attached hydrogens (tertiary/aromatic N) is 3. The molecule has 0 bridgehead atoms. The Hall–Kier alpha value is -4.39. The van der Waals surface area contributed by atoms with E-state index in [-0.39, 0.29) is 0 Å². The third kappa shape index (κ3) is 3.12. The highest BCUT2D eigenvalue weighted by Crippen LogP contribution is 2.26. The summed E-state index contributed by atoms with van der Waals surface area (Å²) >= 11 is 0. The largest absolute Gasteiger partial charge is 0.497 e. The molecular formula is C24H18N4O3. The van der Waals surface area contributed by atoms with E-state index in [0.717, 1.165) is 15.8 Å². The molecule has 0 fully saturated rings. The van der Waals surface area contributed by atoms with Crippen LogP contribution in [0.1, 0.15) is 0 Å². The topological polar surface area (TPSA) is 81.9 Å². The maximum absolute atomic E-state index is 13.6. The molecule has 152 valence electrons. The Balaban J connectivity index is 1.85. The molecule has 0 saturated heterocycles. The van der Waals surface area contributed by atoms with Gasteiger partial charge in [-0.05, 0) is 36.4 Å². The maximum Gasteiger partial charge on any atom is 0.333 e. The van der Waals surface area contributed by atoms with Gasteiger partial charge < -0.3 is 9.72 Å². The SMILES string of the molecule is COc1ccc(-n2c(=O)[nH]c3c(-c4ccccc4)nn(-c4ccccc4)c3c2=O)cc1. The molecule has 2 aromatic heterocycles. The highest BCUT2D eigenvalue weighted by atomic mass is 16.5. The van der Waals surface area contributed by atoms with Gasteiger partial charge in [-0.3, -0.25) is 4.79 Å². The number of methoxy groups -OCH3 is 1. The molecule has 0 radical (unpaired) electrons. The molecule has 0 aliphatic carbocycles. The highest BCUT2D eigenvalue weighted by Gasteiger charge is 2.20. The number of fused-ring (bicyclic) bond motifs is 1. The molecule has 1 N–H and O–H groups in total. The van der Waals surface area contributed by atoms with Crippen LogP contribution in [-0.2, 0) is 0 Å². The molecule has 0 spiro atoms. The average molecular weight is 410 g/mol. The highest BCUT2D eigenvalue weighted by molar-refractivity contribution is 5.90. The Morgan fingerprint density at radius 2 is 1.45 bits per heavy atom. The maximum atomic E-state index is 13.6. The van der Waals surface area contributed by atoms with Gasteiger partial charge in [0.1, 0.15) is 17.0 Å². The van der Waals surface area contributed by atoms with E-state index >= 15 is 0 Å². The minimum atomic E-state index is -0.535.